The van der Waals surface area contributed by atoms with E-state index in [1.54, 1.807) is 30.6 Å². The Balaban J connectivity index is 0.000000246. The van der Waals surface area contributed by atoms with Crippen molar-refractivity contribution in [1.82, 2.24) is 10.2 Å². The maximum absolute atomic E-state index is 9.60. The molecular weight excluding hydrogens is 280 g/mol. The van der Waals surface area contributed by atoms with Gasteiger partial charge in [-0.05, 0) is 39.0 Å². The second-order valence-electron chi connectivity index (χ2n) is 4.97. The van der Waals surface area contributed by atoms with Gasteiger partial charge in [-0.2, -0.15) is 5.10 Å². The van der Waals surface area contributed by atoms with Crippen molar-refractivity contribution in [1.29, 1.82) is 0 Å². The molecule has 1 aromatic heterocycles. The molecule has 0 atom stereocenters. The van der Waals surface area contributed by atoms with E-state index in [1.165, 1.54) is 0 Å². The van der Waals surface area contributed by atoms with E-state index >= 15 is 0 Å². The van der Waals surface area contributed by atoms with Crippen molar-refractivity contribution in [2.45, 2.75) is 26.4 Å². The summed E-state index contributed by atoms with van der Waals surface area (Å²) in [6.07, 6.45) is 3.33. The summed E-state index contributed by atoms with van der Waals surface area (Å²) in [5.41, 5.74) is 1.18. The van der Waals surface area contributed by atoms with Crippen LogP contribution in [0.3, 0.4) is 0 Å². The molecule has 1 heterocycles. The second-order valence-corrected chi connectivity index (χ2v) is 5.41. The fraction of sp³-hybridized carbons (Fsp3) is 0.286. The lowest BCUT2D eigenvalue weighted by atomic mass is 10.1. The van der Waals surface area contributed by atoms with Crippen LogP contribution in [0.15, 0.2) is 30.6 Å². The minimum atomic E-state index is -0.318. The predicted molar refractivity (Wildman–Crippen MR) is 77.6 cm³/mol. The normalized spacial score (nSPS) is 10.4. The minimum Gasteiger partial charge on any atom is -0.507 e. The zero-order chi connectivity index (χ0) is 15.2. The van der Waals surface area contributed by atoms with Gasteiger partial charge < -0.3 is 9.84 Å². The number of nitrogens with one attached hydrogen (secondary N) is 1. The Morgan fingerprint density at radius 3 is 2.55 bits per heavy atom. The SMILES string of the molecule is CC(C)(C)OC=O.Oc1ccc(Cl)cc1-c1cn[nH]c1. The zero-order valence-electron chi connectivity index (χ0n) is 11.6. The molecule has 5 nitrogen and oxygen atoms in total. The number of aromatic nitrogens is 2. The van der Waals surface area contributed by atoms with E-state index in [2.05, 4.69) is 14.9 Å². The molecule has 6 heteroatoms. The van der Waals surface area contributed by atoms with Gasteiger partial charge in [0.05, 0.1) is 6.20 Å². The number of hydrogen-bond acceptors (Lipinski definition) is 4. The topological polar surface area (TPSA) is 75.2 Å². The fourth-order valence-electron chi connectivity index (χ4n) is 1.28. The Labute approximate surface area is 122 Å². The van der Waals surface area contributed by atoms with E-state index in [9.17, 15) is 9.90 Å². The highest BCUT2D eigenvalue weighted by Gasteiger charge is 2.07. The smallest absolute Gasteiger partial charge is 0.293 e. The van der Waals surface area contributed by atoms with Crippen LogP contribution in [0.2, 0.25) is 5.02 Å². The minimum absolute atomic E-state index is 0.200. The third-order valence-electron chi connectivity index (χ3n) is 2.17. The van der Waals surface area contributed by atoms with Crippen LogP contribution in [-0.4, -0.2) is 27.4 Å². The Hall–Kier alpha value is -2.01. The summed E-state index contributed by atoms with van der Waals surface area (Å²) in [4.78, 5) is 9.60. The van der Waals surface area contributed by atoms with Crippen LogP contribution in [0.1, 0.15) is 20.8 Å². The van der Waals surface area contributed by atoms with Gasteiger partial charge in [-0.3, -0.25) is 9.89 Å². The third kappa shape index (κ3) is 5.32. The molecule has 0 fully saturated rings. The maximum Gasteiger partial charge on any atom is 0.293 e. The van der Waals surface area contributed by atoms with Gasteiger partial charge in [-0.1, -0.05) is 11.6 Å². The number of hydrogen-bond donors (Lipinski definition) is 2. The fourth-order valence-corrected chi connectivity index (χ4v) is 1.45. The van der Waals surface area contributed by atoms with Crippen molar-refractivity contribution in [2.24, 2.45) is 0 Å². The summed E-state index contributed by atoms with van der Waals surface area (Å²) < 4.78 is 4.55. The highest BCUT2D eigenvalue weighted by Crippen LogP contribution is 2.30. The number of H-pyrrole nitrogens is 1. The van der Waals surface area contributed by atoms with Gasteiger partial charge in [0.2, 0.25) is 0 Å². The van der Waals surface area contributed by atoms with Gasteiger partial charge in [0.15, 0.2) is 0 Å². The molecule has 0 saturated heterocycles. The molecule has 0 aliphatic heterocycles. The van der Waals surface area contributed by atoms with E-state index < -0.39 is 0 Å². The van der Waals surface area contributed by atoms with Gasteiger partial charge in [0, 0.05) is 22.3 Å². The number of benzene rings is 1. The monoisotopic (exact) mass is 296 g/mol. The van der Waals surface area contributed by atoms with Gasteiger partial charge in [-0.15, -0.1) is 0 Å². The molecule has 20 heavy (non-hydrogen) atoms. The van der Waals surface area contributed by atoms with Gasteiger partial charge >= 0.3 is 0 Å². The molecule has 0 aliphatic rings. The van der Waals surface area contributed by atoms with E-state index in [0.717, 1.165) is 5.56 Å². The molecule has 0 radical (unpaired) electrons. The average Bonchev–Trinajstić information content (AvgIpc) is 2.85. The molecular formula is C14H17ClN2O3. The number of carbonyl (C=O) groups is 1. The maximum atomic E-state index is 9.60. The van der Waals surface area contributed by atoms with E-state index in [0.29, 0.717) is 17.1 Å². The van der Waals surface area contributed by atoms with Crippen LogP contribution < -0.4 is 0 Å². The number of nitrogens with zero attached hydrogens (tertiary/aromatic N) is 1. The van der Waals surface area contributed by atoms with Crippen molar-refractivity contribution in [3.63, 3.8) is 0 Å². The van der Waals surface area contributed by atoms with Crippen LogP contribution in [-0.2, 0) is 9.53 Å². The lowest BCUT2D eigenvalue weighted by Gasteiger charge is -2.14. The highest BCUT2D eigenvalue weighted by atomic mass is 35.5. The third-order valence-corrected chi connectivity index (χ3v) is 2.40. The number of phenolic OH excluding ortho intramolecular Hbond substituents is 1. The van der Waals surface area contributed by atoms with Crippen molar-refractivity contribution in [3.8, 4) is 16.9 Å². The Bertz CT molecular complexity index is 548. The number of aromatic amines is 1. The number of halogens is 1. The quantitative estimate of drug-likeness (QED) is 0.833. The lowest BCUT2D eigenvalue weighted by Crippen LogP contribution is -2.17. The lowest BCUT2D eigenvalue weighted by molar-refractivity contribution is -0.138. The summed E-state index contributed by atoms with van der Waals surface area (Å²) in [5, 5.41) is 16.6. The molecule has 0 bridgehead atoms. The Morgan fingerprint density at radius 1 is 1.40 bits per heavy atom. The highest BCUT2D eigenvalue weighted by molar-refractivity contribution is 6.30. The first-order chi connectivity index (χ1) is 9.33. The molecule has 2 aromatic rings. The molecule has 0 spiro atoms. The van der Waals surface area contributed by atoms with Crippen LogP contribution in [0, 0.1) is 0 Å². The first-order valence-electron chi connectivity index (χ1n) is 5.92. The van der Waals surface area contributed by atoms with Gasteiger partial charge in [-0.25, -0.2) is 0 Å². The van der Waals surface area contributed by atoms with Crippen molar-refractivity contribution < 1.29 is 14.6 Å². The number of ether oxygens (including phenoxy) is 1. The van der Waals surface area contributed by atoms with Crippen LogP contribution >= 0.6 is 11.6 Å². The van der Waals surface area contributed by atoms with Crippen molar-refractivity contribution in [3.05, 3.63) is 35.6 Å². The predicted octanol–water partition coefficient (Wildman–Crippen LogP) is 3.39. The summed E-state index contributed by atoms with van der Waals surface area (Å²) in [6, 6.07) is 4.90. The summed E-state index contributed by atoms with van der Waals surface area (Å²) in [6.45, 7) is 5.92. The van der Waals surface area contributed by atoms with Gasteiger partial charge in [0.1, 0.15) is 11.4 Å². The molecule has 0 aliphatic carbocycles. The Morgan fingerprint density at radius 2 is 2.10 bits per heavy atom. The van der Waals surface area contributed by atoms with Crippen molar-refractivity contribution >= 4 is 18.1 Å². The summed E-state index contributed by atoms with van der Waals surface area (Å²) >= 11 is 5.79. The Kier molecular flexibility index (Phi) is 5.58. The number of aromatic hydroxyl groups is 1. The molecule has 2 rings (SSSR count). The zero-order valence-corrected chi connectivity index (χ0v) is 12.3. The number of rotatable bonds is 2. The number of phenols is 1. The molecule has 0 amide bonds. The van der Waals surface area contributed by atoms with Crippen LogP contribution in [0.25, 0.3) is 11.1 Å². The van der Waals surface area contributed by atoms with E-state index in [4.69, 9.17) is 11.6 Å². The molecule has 108 valence electrons. The number of carbonyl (C=O) groups excluding carboxylic acids is 1. The summed E-state index contributed by atoms with van der Waals surface area (Å²) in [7, 11) is 0. The van der Waals surface area contributed by atoms with Gasteiger partial charge in [0.25, 0.3) is 6.47 Å². The molecule has 2 N–H and O–H groups in total. The van der Waals surface area contributed by atoms with Crippen molar-refractivity contribution in [2.75, 3.05) is 0 Å². The standard InChI is InChI=1S/C9H7ClN2O.C5H10O2/c10-7-1-2-9(13)8(3-7)6-4-11-12-5-6;1-5(2,3)7-4-6/h1-5,13H,(H,11,12);4H,1-3H3. The van der Waals surface area contributed by atoms with E-state index in [-0.39, 0.29) is 11.4 Å². The average molecular weight is 297 g/mol. The molecule has 0 saturated carbocycles. The first kappa shape index (κ1) is 16.0. The van der Waals surface area contributed by atoms with Crippen LogP contribution in [0.5, 0.6) is 5.75 Å². The molecule has 1 aromatic carbocycles. The van der Waals surface area contributed by atoms with Crippen LogP contribution in [0.4, 0.5) is 0 Å². The molecule has 0 unspecified atom stereocenters. The van der Waals surface area contributed by atoms with E-state index in [1.807, 2.05) is 20.8 Å². The second kappa shape index (κ2) is 6.96. The summed E-state index contributed by atoms with van der Waals surface area (Å²) in [5.74, 6) is 0.200. The first-order valence-corrected chi connectivity index (χ1v) is 6.30. The largest absolute Gasteiger partial charge is 0.507 e.